The van der Waals surface area contributed by atoms with E-state index in [9.17, 15) is 8.42 Å². The molecule has 0 spiro atoms. The van der Waals surface area contributed by atoms with E-state index in [4.69, 9.17) is 29.6 Å². The Morgan fingerprint density at radius 1 is 1.56 bits per heavy atom. The average Bonchev–Trinajstić information content (AvgIpc) is 2.16. The number of nitrogens with two attached hydrogens (primary N) is 1. The molecule has 0 amide bonds. The van der Waals surface area contributed by atoms with Gasteiger partial charge in [-0.3, -0.25) is 4.72 Å². The Kier molecular flexibility index (Phi) is 4.12. The molecule has 0 saturated carbocycles. The van der Waals surface area contributed by atoms with Crippen molar-refractivity contribution in [2.45, 2.75) is 6.92 Å². The van der Waals surface area contributed by atoms with Crippen LogP contribution < -0.4 is 10.5 Å². The van der Waals surface area contributed by atoms with Gasteiger partial charge in [0.1, 0.15) is 4.99 Å². The van der Waals surface area contributed by atoms with Crippen molar-refractivity contribution in [1.29, 1.82) is 0 Å². The van der Waals surface area contributed by atoms with Gasteiger partial charge in [0.2, 0.25) is 10.0 Å². The van der Waals surface area contributed by atoms with Crippen molar-refractivity contribution < 1.29 is 8.42 Å². The van der Waals surface area contributed by atoms with E-state index < -0.39 is 10.0 Å². The summed E-state index contributed by atoms with van der Waals surface area (Å²) in [7, 11) is -3.37. The number of thiocarbonyl (C=S) groups is 1. The van der Waals surface area contributed by atoms with Crippen molar-refractivity contribution in [1.82, 2.24) is 0 Å². The highest BCUT2D eigenvalue weighted by Gasteiger charge is 2.12. The van der Waals surface area contributed by atoms with E-state index in [0.717, 1.165) is 0 Å². The van der Waals surface area contributed by atoms with Crippen LogP contribution in [0.3, 0.4) is 0 Å². The number of halogens is 1. The molecule has 0 aromatic heterocycles. The lowest BCUT2D eigenvalue weighted by atomic mass is 10.2. The second kappa shape index (κ2) is 4.99. The van der Waals surface area contributed by atoms with Crippen LogP contribution in [-0.4, -0.2) is 19.2 Å². The van der Waals surface area contributed by atoms with Crippen LogP contribution in [0.2, 0.25) is 5.02 Å². The molecule has 0 saturated heterocycles. The molecule has 1 aromatic carbocycles. The minimum atomic E-state index is -3.37. The third-order valence-electron chi connectivity index (χ3n) is 1.89. The number of hydrogen-bond donors (Lipinski definition) is 2. The van der Waals surface area contributed by atoms with Crippen molar-refractivity contribution >= 4 is 44.5 Å². The molecular weight excluding hydrogens is 268 g/mol. The summed E-state index contributed by atoms with van der Waals surface area (Å²) in [5, 5.41) is 0.411. The third kappa shape index (κ3) is 3.33. The summed E-state index contributed by atoms with van der Waals surface area (Å²) in [6.07, 6.45) is 0. The van der Waals surface area contributed by atoms with Gasteiger partial charge in [0.25, 0.3) is 0 Å². The number of nitrogens with one attached hydrogen (secondary N) is 1. The van der Waals surface area contributed by atoms with E-state index in [1.807, 2.05) is 0 Å². The minimum absolute atomic E-state index is 0.0315. The predicted octanol–water partition coefficient (Wildman–Crippen LogP) is 1.74. The molecule has 0 aliphatic rings. The quantitative estimate of drug-likeness (QED) is 0.823. The highest BCUT2D eigenvalue weighted by atomic mass is 35.5. The van der Waals surface area contributed by atoms with Gasteiger partial charge in [-0.05, 0) is 25.1 Å². The predicted molar refractivity (Wildman–Crippen MR) is 70.4 cm³/mol. The van der Waals surface area contributed by atoms with E-state index >= 15 is 0 Å². The molecule has 0 radical (unpaired) electrons. The Morgan fingerprint density at radius 2 is 2.19 bits per heavy atom. The molecule has 1 rings (SSSR count). The summed E-state index contributed by atoms with van der Waals surface area (Å²) in [5.74, 6) is -0.0315. The second-order valence-electron chi connectivity index (χ2n) is 3.06. The molecule has 0 aliphatic heterocycles. The summed E-state index contributed by atoms with van der Waals surface area (Å²) in [6.45, 7) is 1.54. The van der Waals surface area contributed by atoms with Crippen molar-refractivity contribution in [2.75, 3.05) is 10.5 Å². The largest absolute Gasteiger partial charge is 0.389 e. The standard InChI is InChI=1S/C9H11ClN2O2S2/c1-2-16(13,14)12-8-5-6(10)3-4-7(8)9(11)15/h3-5,12H,2H2,1H3,(H2,11,15). The van der Waals surface area contributed by atoms with Crippen LogP contribution in [0.15, 0.2) is 18.2 Å². The molecule has 4 nitrogen and oxygen atoms in total. The van der Waals surface area contributed by atoms with Gasteiger partial charge in [0.15, 0.2) is 0 Å². The SMILES string of the molecule is CCS(=O)(=O)Nc1cc(Cl)ccc1C(N)=S. The highest BCUT2D eigenvalue weighted by Crippen LogP contribution is 2.22. The fourth-order valence-electron chi connectivity index (χ4n) is 1.06. The maximum Gasteiger partial charge on any atom is 0.232 e. The zero-order valence-electron chi connectivity index (χ0n) is 8.53. The molecule has 0 heterocycles. The Labute approximate surface area is 105 Å². The molecule has 0 fully saturated rings. The van der Waals surface area contributed by atoms with Crippen molar-refractivity contribution in [2.24, 2.45) is 5.73 Å². The fraction of sp³-hybridized carbons (Fsp3) is 0.222. The molecule has 0 aliphatic carbocycles. The zero-order valence-corrected chi connectivity index (χ0v) is 10.9. The van der Waals surface area contributed by atoms with Crippen LogP contribution in [0.25, 0.3) is 0 Å². The summed E-state index contributed by atoms with van der Waals surface area (Å²) in [4.78, 5) is 0.116. The third-order valence-corrected chi connectivity index (χ3v) is 3.64. The molecule has 1 aromatic rings. The van der Waals surface area contributed by atoms with Gasteiger partial charge in [0, 0.05) is 10.6 Å². The van der Waals surface area contributed by atoms with Crippen LogP contribution in [-0.2, 0) is 10.0 Å². The lowest BCUT2D eigenvalue weighted by Gasteiger charge is -2.11. The molecular formula is C9H11ClN2O2S2. The maximum absolute atomic E-state index is 11.4. The Hall–Kier alpha value is -0.850. The number of hydrogen-bond acceptors (Lipinski definition) is 3. The van der Waals surface area contributed by atoms with Gasteiger partial charge in [0.05, 0.1) is 11.4 Å². The van der Waals surface area contributed by atoms with Crippen molar-refractivity contribution in [3.63, 3.8) is 0 Å². The lowest BCUT2D eigenvalue weighted by molar-refractivity contribution is 0.602. The summed E-state index contributed by atoms with van der Waals surface area (Å²) in [6, 6.07) is 4.65. The Bertz CT molecular complexity index is 514. The van der Waals surface area contributed by atoms with Gasteiger partial charge in [-0.15, -0.1) is 0 Å². The fourth-order valence-corrected chi connectivity index (χ4v) is 2.05. The number of anilines is 1. The van der Waals surface area contributed by atoms with Gasteiger partial charge in [-0.25, -0.2) is 8.42 Å². The molecule has 0 atom stereocenters. The number of benzene rings is 1. The van der Waals surface area contributed by atoms with Gasteiger partial charge >= 0.3 is 0 Å². The molecule has 3 N–H and O–H groups in total. The molecule has 0 unspecified atom stereocenters. The molecule has 88 valence electrons. The van der Waals surface area contributed by atoms with Crippen LogP contribution >= 0.6 is 23.8 Å². The van der Waals surface area contributed by atoms with Gasteiger partial charge in [-0.2, -0.15) is 0 Å². The van der Waals surface area contributed by atoms with E-state index in [2.05, 4.69) is 4.72 Å². The van der Waals surface area contributed by atoms with E-state index in [1.54, 1.807) is 12.1 Å². The van der Waals surface area contributed by atoms with Crippen LogP contribution in [0.4, 0.5) is 5.69 Å². The van der Waals surface area contributed by atoms with Crippen LogP contribution in [0, 0.1) is 0 Å². The molecule has 7 heteroatoms. The van der Waals surface area contributed by atoms with E-state index in [1.165, 1.54) is 13.0 Å². The number of sulfonamides is 1. The first-order valence-electron chi connectivity index (χ1n) is 4.45. The Balaban J connectivity index is 3.21. The summed E-state index contributed by atoms with van der Waals surface area (Å²) in [5.41, 5.74) is 6.24. The monoisotopic (exact) mass is 278 g/mol. The van der Waals surface area contributed by atoms with Crippen molar-refractivity contribution in [3.05, 3.63) is 28.8 Å². The average molecular weight is 279 g/mol. The second-order valence-corrected chi connectivity index (χ2v) is 5.95. The topological polar surface area (TPSA) is 72.2 Å². The zero-order chi connectivity index (χ0) is 12.3. The summed E-state index contributed by atoms with van der Waals surface area (Å²) < 4.78 is 25.2. The highest BCUT2D eigenvalue weighted by molar-refractivity contribution is 7.92. The smallest absolute Gasteiger partial charge is 0.232 e. The van der Waals surface area contributed by atoms with E-state index in [-0.39, 0.29) is 10.7 Å². The maximum atomic E-state index is 11.4. The summed E-state index contributed by atoms with van der Waals surface area (Å²) >= 11 is 10.6. The first-order chi connectivity index (χ1) is 7.35. The first-order valence-corrected chi connectivity index (χ1v) is 6.89. The first kappa shape index (κ1) is 13.2. The van der Waals surface area contributed by atoms with Gasteiger partial charge < -0.3 is 5.73 Å². The van der Waals surface area contributed by atoms with Crippen LogP contribution in [0.1, 0.15) is 12.5 Å². The molecule has 0 bridgehead atoms. The van der Waals surface area contributed by atoms with Crippen molar-refractivity contribution in [3.8, 4) is 0 Å². The van der Waals surface area contributed by atoms with E-state index in [0.29, 0.717) is 16.3 Å². The molecule has 16 heavy (non-hydrogen) atoms. The van der Waals surface area contributed by atoms with Gasteiger partial charge in [-0.1, -0.05) is 23.8 Å². The normalized spacial score (nSPS) is 11.1. The van der Waals surface area contributed by atoms with Crippen LogP contribution in [0.5, 0.6) is 0 Å². The lowest BCUT2D eigenvalue weighted by Crippen LogP contribution is -2.19. The number of rotatable bonds is 4. The minimum Gasteiger partial charge on any atom is -0.389 e. The Morgan fingerprint density at radius 3 is 2.69 bits per heavy atom.